The molecule has 0 bridgehead atoms. The van der Waals surface area contributed by atoms with Gasteiger partial charge in [-0.15, -0.1) is 5.53 Å². The van der Waals surface area contributed by atoms with Gasteiger partial charge in [0.1, 0.15) is 17.1 Å². The summed E-state index contributed by atoms with van der Waals surface area (Å²) in [7, 11) is 0. The molecule has 8 nitrogen and oxygen atoms in total. The van der Waals surface area contributed by atoms with Crippen LogP contribution in [0, 0.1) is 35.4 Å². The molecule has 0 saturated heterocycles. The minimum atomic E-state index is -2.56. The van der Waals surface area contributed by atoms with Crippen LogP contribution >= 0.6 is 0 Å². The molecule has 3 aromatic rings. The van der Waals surface area contributed by atoms with Crippen molar-refractivity contribution in [3.63, 3.8) is 0 Å². The molecule has 1 aliphatic heterocycles. The molecule has 12 heteroatoms. The summed E-state index contributed by atoms with van der Waals surface area (Å²) in [6, 6.07) is 7.08. The average molecular weight is 555 g/mol. The molecular weight excluding hydrogens is 524 g/mol. The quantitative estimate of drug-likeness (QED) is 0.209. The third-order valence-electron chi connectivity index (χ3n) is 7.10. The first kappa shape index (κ1) is 27.5. The van der Waals surface area contributed by atoms with E-state index in [0.29, 0.717) is 53.1 Å². The van der Waals surface area contributed by atoms with E-state index in [0.717, 1.165) is 0 Å². The van der Waals surface area contributed by atoms with Crippen LogP contribution in [0.15, 0.2) is 42.4 Å². The van der Waals surface area contributed by atoms with Crippen LogP contribution in [0.3, 0.4) is 0 Å². The van der Waals surface area contributed by atoms with Gasteiger partial charge in [0, 0.05) is 41.3 Å². The molecule has 40 heavy (non-hydrogen) atoms. The molecule has 3 heterocycles. The number of hydrogen-bond acceptors (Lipinski definition) is 8. The largest absolute Gasteiger partial charge is 0.383 e. The van der Waals surface area contributed by atoms with Crippen molar-refractivity contribution >= 4 is 22.3 Å². The number of benzene rings is 1. The van der Waals surface area contributed by atoms with Crippen LogP contribution < -0.4 is 21.6 Å². The Hall–Kier alpha value is -4.11. The van der Waals surface area contributed by atoms with Crippen molar-refractivity contribution < 1.29 is 17.6 Å². The summed E-state index contributed by atoms with van der Waals surface area (Å²) in [6.45, 7) is 8.26. The molecular formula is C28H30F4N8. The first-order chi connectivity index (χ1) is 18.9. The van der Waals surface area contributed by atoms with E-state index in [1.165, 1.54) is 23.3 Å². The van der Waals surface area contributed by atoms with Crippen molar-refractivity contribution in [2.75, 3.05) is 17.2 Å². The highest BCUT2D eigenvalue weighted by molar-refractivity contribution is 5.96. The highest BCUT2D eigenvalue weighted by atomic mass is 19.3. The number of aryl methyl sites for hydroxylation is 1. The highest BCUT2D eigenvalue weighted by Crippen LogP contribution is 2.47. The van der Waals surface area contributed by atoms with E-state index in [2.05, 4.69) is 37.6 Å². The maximum absolute atomic E-state index is 15.4. The van der Waals surface area contributed by atoms with E-state index >= 15 is 4.39 Å². The lowest BCUT2D eigenvalue weighted by Gasteiger charge is -2.25. The second-order valence-corrected chi connectivity index (χ2v) is 11.4. The molecule has 1 fully saturated rings. The van der Waals surface area contributed by atoms with Crippen molar-refractivity contribution in [3.05, 3.63) is 70.9 Å². The zero-order valence-electron chi connectivity index (χ0n) is 22.5. The van der Waals surface area contributed by atoms with E-state index in [1.807, 2.05) is 20.8 Å². The molecule has 2 aromatic heterocycles. The summed E-state index contributed by atoms with van der Waals surface area (Å²) in [5.41, 5.74) is 6.86. The smallest absolute Gasteiger partial charge is 0.262 e. The van der Waals surface area contributed by atoms with Gasteiger partial charge in [-0.05, 0) is 43.4 Å². The van der Waals surface area contributed by atoms with Crippen molar-refractivity contribution in [1.82, 2.24) is 25.9 Å². The van der Waals surface area contributed by atoms with Crippen molar-refractivity contribution in [2.24, 2.45) is 5.41 Å². The minimum absolute atomic E-state index is 0.0933. The monoisotopic (exact) mass is 554 g/mol. The van der Waals surface area contributed by atoms with Gasteiger partial charge in [-0.2, -0.15) is 9.65 Å². The molecule has 0 spiro atoms. The van der Waals surface area contributed by atoms with E-state index in [4.69, 9.17) is 0 Å². The molecule has 4 N–H and O–H groups in total. The maximum atomic E-state index is 15.4. The first-order valence-corrected chi connectivity index (χ1v) is 12.9. The number of aromatic nitrogens is 2. The topological polar surface area (TPSA) is 101 Å². The lowest BCUT2D eigenvalue weighted by Crippen LogP contribution is -2.48. The molecule has 1 aliphatic carbocycles. The summed E-state index contributed by atoms with van der Waals surface area (Å²) in [4.78, 5) is 8.09. The Morgan fingerprint density at radius 1 is 1.20 bits per heavy atom. The van der Waals surface area contributed by atoms with Gasteiger partial charge in [-0.3, -0.25) is 9.99 Å². The van der Waals surface area contributed by atoms with Gasteiger partial charge in [0.25, 0.3) is 6.43 Å². The third-order valence-corrected chi connectivity index (χ3v) is 7.10. The number of fused-ring (bicyclic) bond motifs is 1. The van der Waals surface area contributed by atoms with Crippen LogP contribution in [0.4, 0.5) is 28.9 Å². The zero-order chi connectivity index (χ0) is 28.8. The number of alkyl halides is 2. The van der Waals surface area contributed by atoms with Crippen molar-refractivity contribution in [1.29, 1.82) is 5.26 Å². The number of hydrazine groups is 2. The van der Waals surface area contributed by atoms with Crippen LogP contribution in [-0.4, -0.2) is 33.5 Å². The van der Waals surface area contributed by atoms with Crippen LogP contribution in [0.1, 0.15) is 56.5 Å². The van der Waals surface area contributed by atoms with Gasteiger partial charge in [0.15, 0.2) is 5.82 Å². The fourth-order valence-corrected chi connectivity index (χ4v) is 4.71. The maximum Gasteiger partial charge on any atom is 0.262 e. The molecule has 2 aliphatic rings. The second-order valence-electron chi connectivity index (χ2n) is 11.4. The predicted molar refractivity (Wildman–Crippen MR) is 144 cm³/mol. The predicted octanol–water partition coefficient (Wildman–Crippen LogP) is 5.66. The number of anilines is 2. The number of nitrogens with zero attached hydrogens (tertiary/aromatic N) is 4. The van der Waals surface area contributed by atoms with Gasteiger partial charge in [-0.25, -0.2) is 18.2 Å². The van der Waals surface area contributed by atoms with Gasteiger partial charge >= 0.3 is 0 Å². The Morgan fingerprint density at radius 3 is 2.58 bits per heavy atom. The zero-order valence-corrected chi connectivity index (χ0v) is 22.5. The fraction of sp³-hybridized carbons (Fsp3) is 0.393. The molecule has 0 unspecified atom stereocenters. The van der Waals surface area contributed by atoms with Gasteiger partial charge in [-0.1, -0.05) is 26.8 Å². The lowest BCUT2D eigenvalue weighted by molar-refractivity contribution is 0.00911. The normalized spacial score (nSPS) is 16.9. The number of nitrogens with one attached hydrogen (secondary N) is 4. The van der Waals surface area contributed by atoms with Crippen molar-refractivity contribution in [2.45, 2.75) is 58.5 Å². The Morgan fingerprint density at radius 2 is 1.95 bits per heavy atom. The van der Waals surface area contributed by atoms with E-state index in [1.54, 1.807) is 25.3 Å². The second kappa shape index (κ2) is 10.1. The summed E-state index contributed by atoms with van der Waals surface area (Å²) in [6.07, 6.45) is 0.973. The van der Waals surface area contributed by atoms with Crippen LogP contribution in [0.5, 0.6) is 0 Å². The first-order valence-electron chi connectivity index (χ1n) is 12.9. The Kier molecular flexibility index (Phi) is 6.95. The minimum Gasteiger partial charge on any atom is -0.383 e. The molecule has 1 atom stereocenters. The van der Waals surface area contributed by atoms with Gasteiger partial charge in [0.2, 0.25) is 5.95 Å². The van der Waals surface area contributed by atoms with E-state index < -0.39 is 29.8 Å². The Balaban J connectivity index is 1.58. The molecule has 0 amide bonds. The number of nitriles is 1. The van der Waals surface area contributed by atoms with E-state index in [-0.39, 0.29) is 16.5 Å². The number of halogens is 4. The van der Waals surface area contributed by atoms with Crippen LogP contribution in [-0.2, 0) is 0 Å². The summed E-state index contributed by atoms with van der Waals surface area (Å²) in [5.74, 6) is -1.28. The summed E-state index contributed by atoms with van der Waals surface area (Å²) >= 11 is 0. The standard InChI is InChI=1S/C28H30F4N8/c1-15-18(5-6-22(30)36-15)25(21-13-40(39-38-21)28(7-8-28)26(31)32)37-17-9-19-23(35-14-27(2,3)4)16(11-33)12-34-24(19)20(29)10-17/h5-6,9-10,12-13,25-26,37-39H,7-8,14H2,1-4H3,(H,34,35)/t25-/m0/s1. The van der Waals surface area contributed by atoms with Crippen LogP contribution in [0.2, 0.25) is 0 Å². The van der Waals surface area contributed by atoms with Crippen LogP contribution in [0.25, 0.3) is 10.9 Å². The third kappa shape index (κ3) is 5.21. The highest BCUT2D eigenvalue weighted by Gasteiger charge is 2.56. The number of rotatable bonds is 8. The number of pyridine rings is 2. The number of hydrogen-bond donors (Lipinski definition) is 4. The Labute approximate surface area is 229 Å². The van der Waals surface area contributed by atoms with Gasteiger partial charge < -0.3 is 16.1 Å². The molecule has 5 rings (SSSR count). The SMILES string of the molecule is Cc1nc(F)ccc1[C@H](Nc1cc(F)c2ncc(C#N)c(NCC(C)(C)C)c2c1)C1=CN(C2(C(F)F)CC2)NN1. The van der Waals surface area contributed by atoms with Gasteiger partial charge in [0.05, 0.1) is 23.0 Å². The molecule has 1 saturated carbocycles. The lowest BCUT2D eigenvalue weighted by atomic mass is 9.96. The molecule has 1 aromatic carbocycles. The van der Waals surface area contributed by atoms with Crippen molar-refractivity contribution in [3.8, 4) is 6.07 Å². The fourth-order valence-electron chi connectivity index (χ4n) is 4.71. The average Bonchev–Trinajstić information content (AvgIpc) is 3.56. The Bertz CT molecular complexity index is 1520. The molecule has 0 radical (unpaired) electrons. The summed E-state index contributed by atoms with van der Waals surface area (Å²) in [5, 5.41) is 18.0. The van der Waals surface area contributed by atoms with E-state index in [9.17, 15) is 18.4 Å². The summed E-state index contributed by atoms with van der Waals surface area (Å²) < 4.78 is 56.8. The molecule has 210 valence electrons.